The fourth-order valence-electron chi connectivity index (χ4n) is 1.95. The number of rotatable bonds is 9. The maximum Gasteiger partial charge on any atom is 0.261 e. The Kier molecular flexibility index (Phi) is 6.53. The summed E-state index contributed by atoms with van der Waals surface area (Å²) in [5.74, 6) is 2.06. The third-order valence-electron chi connectivity index (χ3n) is 3.14. The number of ether oxygens (including phenoxy) is 1. The molecule has 0 bridgehead atoms. The van der Waals surface area contributed by atoms with Crippen molar-refractivity contribution in [2.45, 2.75) is 45.0 Å². The lowest BCUT2D eigenvalue weighted by molar-refractivity contribution is 0.0183. The summed E-state index contributed by atoms with van der Waals surface area (Å²) in [6.45, 7) is 2.66. The van der Waals surface area contributed by atoms with Crippen LogP contribution in [0.3, 0.4) is 0 Å². The Morgan fingerprint density at radius 3 is 2.76 bits per heavy atom. The maximum absolute atomic E-state index is 12.0. The summed E-state index contributed by atoms with van der Waals surface area (Å²) in [5.41, 5.74) is 1.09. The second kappa shape index (κ2) is 8.17. The number of halogens is 3. The molecular weight excluding hydrogens is 391 g/mol. The monoisotopic (exact) mass is 411 g/mol. The van der Waals surface area contributed by atoms with Crippen LogP contribution in [0.4, 0.5) is 14.6 Å². The second-order valence-electron chi connectivity index (χ2n) is 5.10. The van der Waals surface area contributed by atoms with Gasteiger partial charge in [-0.3, -0.25) is 0 Å². The Balaban J connectivity index is 2.03. The number of aromatic nitrogens is 2. The average molecular weight is 411 g/mol. The molecule has 1 heterocycles. The topological polar surface area (TPSA) is 47.0 Å². The van der Waals surface area contributed by atoms with Crippen molar-refractivity contribution < 1.29 is 13.5 Å². The van der Waals surface area contributed by atoms with Gasteiger partial charge >= 0.3 is 0 Å². The molecule has 2 rings (SSSR count). The largest absolute Gasteiger partial charge is 0.375 e. The van der Waals surface area contributed by atoms with Gasteiger partial charge in [-0.15, -0.1) is 0 Å². The predicted molar refractivity (Wildman–Crippen MR) is 86.0 cm³/mol. The van der Waals surface area contributed by atoms with Gasteiger partial charge < -0.3 is 10.1 Å². The summed E-state index contributed by atoms with van der Waals surface area (Å²) in [6, 6.07) is 0. The molecule has 1 aliphatic rings. The lowest BCUT2D eigenvalue weighted by atomic mass is 10.2. The van der Waals surface area contributed by atoms with Crippen molar-refractivity contribution >= 4 is 28.4 Å². The van der Waals surface area contributed by atoms with E-state index in [0.29, 0.717) is 18.2 Å². The summed E-state index contributed by atoms with van der Waals surface area (Å²) >= 11 is 2.29. The molecule has 1 aromatic heterocycles. The summed E-state index contributed by atoms with van der Waals surface area (Å²) in [6.07, 6.45) is 1.39. The first-order valence-corrected chi connectivity index (χ1v) is 8.35. The van der Waals surface area contributed by atoms with Crippen LogP contribution < -0.4 is 5.32 Å². The van der Waals surface area contributed by atoms with E-state index in [9.17, 15) is 8.78 Å². The van der Waals surface area contributed by atoms with Crippen LogP contribution in [0.2, 0.25) is 0 Å². The van der Waals surface area contributed by atoms with Gasteiger partial charge in [0.2, 0.25) is 0 Å². The van der Waals surface area contributed by atoms with Gasteiger partial charge in [0, 0.05) is 18.9 Å². The van der Waals surface area contributed by atoms with Crippen LogP contribution >= 0.6 is 22.6 Å². The Bertz CT molecular complexity index is 470. The average Bonchev–Trinajstić information content (AvgIpc) is 3.27. The SMILES string of the molecule is CCCNc1nc(CCOCC(F)F)nc(C2CC2)c1I. The molecule has 7 heteroatoms. The lowest BCUT2D eigenvalue weighted by Crippen LogP contribution is -2.13. The molecule has 0 saturated heterocycles. The first-order chi connectivity index (χ1) is 10.1. The summed E-state index contributed by atoms with van der Waals surface area (Å²) in [5, 5.41) is 3.32. The van der Waals surface area contributed by atoms with Crippen LogP contribution in [0.1, 0.15) is 43.6 Å². The molecule has 1 N–H and O–H groups in total. The van der Waals surface area contributed by atoms with E-state index in [1.54, 1.807) is 0 Å². The van der Waals surface area contributed by atoms with Crippen molar-refractivity contribution in [1.29, 1.82) is 0 Å². The normalized spacial score (nSPS) is 14.7. The summed E-state index contributed by atoms with van der Waals surface area (Å²) < 4.78 is 30.1. The molecule has 0 amide bonds. The number of nitrogens with zero attached hydrogens (tertiary/aromatic N) is 2. The highest BCUT2D eigenvalue weighted by atomic mass is 127. The maximum atomic E-state index is 12.0. The predicted octanol–water partition coefficient (Wildman–Crippen LogP) is 3.60. The van der Waals surface area contributed by atoms with Crippen molar-refractivity contribution in [3.8, 4) is 0 Å². The molecule has 1 aromatic rings. The molecule has 118 valence electrons. The minimum Gasteiger partial charge on any atom is -0.375 e. The van der Waals surface area contributed by atoms with Gasteiger partial charge in [-0.1, -0.05) is 6.92 Å². The van der Waals surface area contributed by atoms with Gasteiger partial charge in [0.1, 0.15) is 18.2 Å². The molecule has 1 saturated carbocycles. The summed E-state index contributed by atoms with van der Waals surface area (Å²) in [4.78, 5) is 9.09. The molecule has 0 radical (unpaired) electrons. The van der Waals surface area contributed by atoms with E-state index in [0.717, 1.165) is 28.0 Å². The van der Waals surface area contributed by atoms with Crippen molar-refractivity contribution in [3.63, 3.8) is 0 Å². The molecule has 4 nitrogen and oxygen atoms in total. The molecule has 0 aromatic carbocycles. The van der Waals surface area contributed by atoms with E-state index in [2.05, 4.69) is 44.8 Å². The Morgan fingerprint density at radius 2 is 2.14 bits per heavy atom. The van der Waals surface area contributed by atoms with Crippen LogP contribution in [0.15, 0.2) is 0 Å². The number of hydrogen-bond donors (Lipinski definition) is 1. The zero-order valence-electron chi connectivity index (χ0n) is 12.0. The molecule has 1 aliphatic carbocycles. The molecule has 0 spiro atoms. The van der Waals surface area contributed by atoms with Crippen LogP contribution in [-0.2, 0) is 11.2 Å². The molecule has 0 unspecified atom stereocenters. The van der Waals surface area contributed by atoms with E-state index in [-0.39, 0.29) is 6.61 Å². The molecular formula is C14H20F2IN3O. The first-order valence-electron chi connectivity index (χ1n) is 7.27. The quantitative estimate of drug-likeness (QED) is 0.499. The summed E-state index contributed by atoms with van der Waals surface area (Å²) in [7, 11) is 0. The zero-order chi connectivity index (χ0) is 15.2. The number of nitrogens with one attached hydrogen (secondary N) is 1. The third kappa shape index (κ3) is 5.28. The lowest BCUT2D eigenvalue weighted by Gasteiger charge is -2.12. The van der Waals surface area contributed by atoms with Gasteiger partial charge in [0.25, 0.3) is 6.43 Å². The highest BCUT2D eigenvalue weighted by Gasteiger charge is 2.29. The van der Waals surface area contributed by atoms with Gasteiger partial charge in [-0.05, 0) is 41.9 Å². The van der Waals surface area contributed by atoms with E-state index in [4.69, 9.17) is 4.74 Å². The fourth-order valence-corrected chi connectivity index (χ4v) is 2.82. The third-order valence-corrected chi connectivity index (χ3v) is 4.21. The van der Waals surface area contributed by atoms with Crippen molar-refractivity contribution in [3.05, 3.63) is 15.1 Å². The van der Waals surface area contributed by atoms with Gasteiger partial charge in [-0.25, -0.2) is 18.7 Å². The minimum absolute atomic E-state index is 0.224. The Labute approximate surface area is 137 Å². The minimum atomic E-state index is -2.42. The van der Waals surface area contributed by atoms with Gasteiger partial charge in [-0.2, -0.15) is 0 Å². The molecule has 0 aliphatic heterocycles. The number of alkyl halides is 2. The van der Waals surface area contributed by atoms with Gasteiger partial charge in [0.05, 0.1) is 15.9 Å². The van der Waals surface area contributed by atoms with Crippen molar-refractivity contribution in [1.82, 2.24) is 9.97 Å². The van der Waals surface area contributed by atoms with E-state index in [1.165, 1.54) is 12.8 Å². The number of hydrogen-bond acceptors (Lipinski definition) is 4. The van der Waals surface area contributed by atoms with Crippen LogP contribution in [0.25, 0.3) is 0 Å². The van der Waals surface area contributed by atoms with Crippen molar-refractivity contribution in [2.24, 2.45) is 0 Å². The zero-order valence-corrected chi connectivity index (χ0v) is 14.2. The first kappa shape index (κ1) is 16.8. The van der Waals surface area contributed by atoms with E-state index in [1.807, 2.05) is 0 Å². The van der Waals surface area contributed by atoms with Crippen LogP contribution in [0.5, 0.6) is 0 Å². The Morgan fingerprint density at radius 1 is 1.38 bits per heavy atom. The van der Waals surface area contributed by atoms with Crippen LogP contribution in [0, 0.1) is 3.57 Å². The Hall–Kier alpha value is -0.570. The highest BCUT2D eigenvalue weighted by Crippen LogP contribution is 2.42. The molecule has 1 fully saturated rings. The highest BCUT2D eigenvalue weighted by molar-refractivity contribution is 14.1. The van der Waals surface area contributed by atoms with Crippen molar-refractivity contribution in [2.75, 3.05) is 25.1 Å². The number of anilines is 1. The fraction of sp³-hybridized carbons (Fsp3) is 0.714. The molecule has 0 atom stereocenters. The van der Waals surface area contributed by atoms with Crippen LogP contribution in [-0.4, -0.2) is 36.2 Å². The van der Waals surface area contributed by atoms with Gasteiger partial charge in [0.15, 0.2) is 0 Å². The van der Waals surface area contributed by atoms with E-state index >= 15 is 0 Å². The second-order valence-corrected chi connectivity index (χ2v) is 6.18. The smallest absolute Gasteiger partial charge is 0.261 e. The standard InChI is InChI=1S/C14H20F2IN3O/c1-2-6-18-14-12(17)13(9-3-4-9)19-11(20-14)5-7-21-8-10(15)16/h9-10H,2-8H2,1H3,(H,18,19,20). The molecule has 21 heavy (non-hydrogen) atoms. The van der Waals surface area contributed by atoms with E-state index < -0.39 is 13.0 Å².